The lowest BCUT2D eigenvalue weighted by molar-refractivity contribution is 0.0919. The van der Waals surface area contributed by atoms with Crippen molar-refractivity contribution in [3.8, 4) is 6.07 Å². The van der Waals surface area contributed by atoms with Crippen molar-refractivity contribution in [3.05, 3.63) is 35.1 Å². The highest BCUT2D eigenvalue weighted by molar-refractivity contribution is 5.96. The summed E-state index contributed by atoms with van der Waals surface area (Å²) in [4.78, 5) is 12.1. The highest BCUT2D eigenvalue weighted by Gasteiger charge is 2.35. The first kappa shape index (κ1) is 12.6. The van der Waals surface area contributed by atoms with Crippen molar-refractivity contribution in [2.24, 2.45) is 0 Å². The van der Waals surface area contributed by atoms with Crippen molar-refractivity contribution < 1.29 is 9.18 Å². The molecule has 0 bridgehead atoms. The highest BCUT2D eigenvalue weighted by atomic mass is 19.1. The van der Waals surface area contributed by atoms with E-state index in [4.69, 9.17) is 0 Å². The van der Waals surface area contributed by atoms with E-state index in [9.17, 15) is 14.4 Å². The van der Waals surface area contributed by atoms with Crippen molar-refractivity contribution >= 4 is 5.91 Å². The molecule has 4 heteroatoms. The van der Waals surface area contributed by atoms with Crippen LogP contribution in [0.1, 0.15) is 41.6 Å². The summed E-state index contributed by atoms with van der Waals surface area (Å²) in [5.41, 5.74) is 0.243. The molecule has 1 aliphatic carbocycles. The largest absolute Gasteiger partial charge is 0.334 e. The fourth-order valence-corrected chi connectivity index (χ4v) is 2.37. The van der Waals surface area contributed by atoms with Crippen molar-refractivity contribution in [3.63, 3.8) is 0 Å². The van der Waals surface area contributed by atoms with Gasteiger partial charge in [-0.05, 0) is 50.3 Å². The summed E-state index contributed by atoms with van der Waals surface area (Å²) in [5.74, 6) is -0.807. The maximum absolute atomic E-state index is 13.2. The summed E-state index contributed by atoms with van der Waals surface area (Å²) >= 11 is 0. The Hall–Kier alpha value is -1.89. The summed E-state index contributed by atoms with van der Waals surface area (Å²) in [6.45, 7) is 1.75. The van der Waals surface area contributed by atoms with Crippen LogP contribution in [-0.2, 0) is 0 Å². The van der Waals surface area contributed by atoms with Gasteiger partial charge in [0.2, 0.25) is 0 Å². The van der Waals surface area contributed by atoms with Crippen LogP contribution in [0.25, 0.3) is 0 Å². The maximum atomic E-state index is 13.2. The van der Waals surface area contributed by atoms with Crippen molar-refractivity contribution in [1.29, 1.82) is 5.26 Å². The van der Waals surface area contributed by atoms with E-state index in [0.29, 0.717) is 24.0 Å². The predicted molar refractivity (Wildman–Crippen MR) is 65.4 cm³/mol. The lowest BCUT2D eigenvalue weighted by atomic mass is 9.98. The Bertz CT molecular complexity index is 513. The molecule has 18 heavy (non-hydrogen) atoms. The first-order chi connectivity index (χ1) is 8.56. The van der Waals surface area contributed by atoms with E-state index in [-0.39, 0.29) is 5.91 Å². The van der Waals surface area contributed by atoms with Crippen molar-refractivity contribution in [2.45, 2.75) is 38.1 Å². The lowest BCUT2D eigenvalue weighted by Crippen LogP contribution is -2.45. The van der Waals surface area contributed by atoms with E-state index in [2.05, 4.69) is 11.4 Å². The van der Waals surface area contributed by atoms with Crippen LogP contribution in [0.2, 0.25) is 0 Å². The quantitative estimate of drug-likeness (QED) is 0.872. The lowest BCUT2D eigenvalue weighted by Gasteiger charge is -2.22. The van der Waals surface area contributed by atoms with Crippen LogP contribution in [-0.4, -0.2) is 11.4 Å². The monoisotopic (exact) mass is 246 g/mol. The van der Waals surface area contributed by atoms with Crippen LogP contribution in [0.5, 0.6) is 0 Å². The van der Waals surface area contributed by atoms with Crippen molar-refractivity contribution in [1.82, 2.24) is 5.32 Å². The van der Waals surface area contributed by atoms with Gasteiger partial charge in [-0.25, -0.2) is 4.39 Å². The van der Waals surface area contributed by atoms with Crippen LogP contribution in [0.4, 0.5) is 4.39 Å². The highest BCUT2D eigenvalue weighted by Crippen LogP contribution is 2.29. The number of aryl methyl sites for hydroxylation is 1. The minimum absolute atomic E-state index is 0.302. The second-order valence-corrected chi connectivity index (χ2v) is 4.81. The van der Waals surface area contributed by atoms with Crippen molar-refractivity contribution in [2.75, 3.05) is 0 Å². The number of nitriles is 1. The van der Waals surface area contributed by atoms with Gasteiger partial charge >= 0.3 is 0 Å². The molecule has 0 saturated heterocycles. The molecule has 0 aromatic heterocycles. The van der Waals surface area contributed by atoms with Crippen LogP contribution in [0, 0.1) is 24.1 Å². The van der Waals surface area contributed by atoms with E-state index in [1.165, 1.54) is 12.1 Å². The average molecular weight is 246 g/mol. The van der Waals surface area contributed by atoms with Gasteiger partial charge in [0, 0.05) is 5.56 Å². The van der Waals surface area contributed by atoms with E-state index in [0.717, 1.165) is 12.8 Å². The molecule has 1 aromatic carbocycles. The summed E-state index contributed by atoms with van der Waals surface area (Å²) in [7, 11) is 0. The van der Waals surface area contributed by atoms with Gasteiger partial charge in [-0.2, -0.15) is 5.26 Å². The zero-order valence-electron chi connectivity index (χ0n) is 10.3. The Morgan fingerprint density at radius 2 is 2.11 bits per heavy atom. The number of carbonyl (C=O) groups is 1. The van der Waals surface area contributed by atoms with Gasteiger partial charge in [0.25, 0.3) is 5.91 Å². The van der Waals surface area contributed by atoms with Crippen LogP contribution >= 0.6 is 0 Å². The molecule has 0 aliphatic heterocycles. The Balaban J connectivity index is 2.22. The average Bonchev–Trinajstić information content (AvgIpc) is 2.81. The van der Waals surface area contributed by atoms with Gasteiger partial charge < -0.3 is 5.32 Å². The maximum Gasteiger partial charge on any atom is 0.252 e. The first-order valence-electron chi connectivity index (χ1n) is 6.06. The molecule has 1 N–H and O–H groups in total. The molecule has 0 radical (unpaired) electrons. The summed E-state index contributed by atoms with van der Waals surface area (Å²) in [5, 5.41) is 12.0. The van der Waals surface area contributed by atoms with E-state index < -0.39 is 11.4 Å². The molecule has 0 spiro atoms. The van der Waals surface area contributed by atoms with Gasteiger partial charge in [-0.3, -0.25) is 4.79 Å². The second kappa shape index (κ2) is 4.77. The zero-order chi connectivity index (χ0) is 13.2. The van der Waals surface area contributed by atoms with Crippen LogP contribution < -0.4 is 5.32 Å². The molecule has 0 atom stereocenters. The molecule has 94 valence electrons. The second-order valence-electron chi connectivity index (χ2n) is 4.81. The SMILES string of the molecule is Cc1ccc(F)cc1C(=O)NC1(C#N)CCCC1. The van der Waals surface area contributed by atoms with E-state index in [1.807, 2.05) is 0 Å². The summed E-state index contributed by atoms with van der Waals surface area (Å²) in [6, 6.07) is 6.29. The number of nitrogens with zero attached hydrogens (tertiary/aromatic N) is 1. The van der Waals surface area contributed by atoms with E-state index in [1.54, 1.807) is 13.0 Å². The number of carbonyl (C=O) groups excluding carboxylic acids is 1. The summed E-state index contributed by atoms with van der Waals surface area (Å²) in [6.07, 6.45) is 3.22. The molecule has 1 aliphatic rings. The third-order valence-corrected chi connectivity index (χ3v) is 3.47. The molecule has 1 saturated carbocycles. The number of hydrogen-bond acceptors (Lipinski definition) is 2. The molecule has 1 aromatic rings. The Labute approximate surface area is 106 Å². The smallest absolute Gasteiger partial charge is 0.252 e. The van der Waals surface area contributed by atoms with Gasteiger partial charge in [0.05, 0.1) is 6.07 Å². The molecule has 1 fully saturated rings. The fourth-order valence-electron chi connectivity index (χ4n) is 2.37. The fraction of sp³-hybridized carbons (Fsp3) is 0.429. The third kappa shape index (κ3) is 2.35. The number of hydrogen-bond donors (Lipinski definition) is 1. The minimum atomic E-state index is -0.768. The number of amides is 1. The molecule has 0 unspecified atom stereocenters. The first-order valence-corrected chi connectivity index (χ1v) is 6.06. The van der Waals surface area contributed by atoms with Crippen LogP contribution in [0.3, 0.4) is 0 Å². The molecule has 2 rings (SSSR count). The minimum Gasteiger partial charge on any atom is -0.334 e. The zero-order valence-corrected chi connectivity index (χ0v) is 10.3. The van der Waals surface area contributed by atoms with Gasteiger partial charge in [-0.1, -0.05) is 6.07 Å². The Kier molecular flexibility index (Phi) is 3.33. The summed E-state index contributed by atoms with van der Waals surface area (Å²) < 4.78 is 13.2. The predicted octanol–water partition coefficient (Wildman–Crippen LogP) is 2.70. The molecule has 3 nitrogen and oxygen atoms in total. The molecular weight excluding hydrogens is 231 g/mol. The topological polar surface area (TPSA) is 52.9 Å². The number of halogens is 1. The molecule has 1 amide bonds. The molecule has 0 heterocycles. The van der Waals surface area contributed by atoms with E-state index >= 15 is 0 Å². The number of rotatable bonds is 2. The molecular formula is C14H15FN2O. The number of nitrogens with one attached hydrogen (secondary N) is 1. The van der Waals surface area contributed by atoms with Gasteiger partial charge in [0.1, 0.15) is 11.4 Å². The van der Waals surface area contributed by atoms with Gasteiger partial charge in [-0.15, -0.1) is 0 Å². The Morgan fingerprint density at radius 3 is 2.72 bits per heavy atom. The standard InChI is InChI=1S/C14H15FN2O/c1-10-4-5-11(15)8-12(10)13(18)17-14(9-16)6-2-3-7-14/h4-5,8H,2-3,6-7H2,1H3,(H,17,18). The number of benzene rings is 1. The normalized spacial score (nSPS) is 17.2. The Morgan fingerprint density at radius 1 is 1.44 bits per heavy atom. The van der Waals surface area contributed by atoms with Crippen LogP contribution in [0.15, 0.2) is 18.2 Å². The third-order valence-electron chi connectivity index (χ3n) is 3.47. The van der Waals surface area contributed by atoms with Gasteiger partial charge in [0.15, 0.2) is 0 Å².